The third-order valence-electron chi connectivity index (χ3n) is 2.36. The molecule has 3 N–H and O–H groups in total. The number of nitrogens with one attached hydrogen (secondary N) is 1. The number of benzene rings is 1. The van der Waals surface area contributed by atoms with Crippen molar-refractivity contribution < 1.29 is 4.74 Å². The van der Waals surface area contributed by atoms with Crippen molar-refractivity contribution in [3.8, 4) is 11.5 Å². The molecule has 0 aliphatic heterocycles. The molecule has 0 atom stereocenters. The quantitative estimate of drug-likeness (QED) is 0.675. The van der Waals surface area contributed by atoms with Crippen LogP contribution in [0.1, 0.15) is 11.3 Å². The van der Waals surface area contributed by atoms with Crippen LogP contribution in [0.2, 0.25) is 0 Å². The van der Waals surface area contributed by atoms with Crippen molar-refractivity contribution in [2.45, 2.75) is 6.92 Å². The van der Waals surface area contributed by atoms with E-state index < -0.39 is 0 Å². The highest BCUT2D eigenvalue weighted by atomic mass is 79.9. The molecule has 0 spiro atoms. The van der Waals surface area contributed by atoms with E-state index in [-0.39, 0.29) is 5.84 Å². The van der Waals surface area contributed by atoms with Gasteiger partial charge in [0.2, 0.25) is 0 Å². The number of nitrogens with zero attached hydrogens (tertiary/aromatic N) is 1. The van der Waals surface area contributed by atoms with Crippen LogP contribution in [0.5, 0.6) is 11.5 Å². The maximum absolute atomic E-state index is 7.57. The standard InChI is InChI=1S/C13H12BrN3O/c1-8-5-6-9(7-17-8)18-11-4-2-3-10(14)12(11)13(15)16/h2-7H,1H3,(H3,15,16). The molecule has 0 fully saturated rings. The average Bonchev–Trinajstić information content (AvgIpc) is 2.32. The summed E-state index contributed by atoms with van der Waals surface area (Å²) in [7, 11) is 0. The van der Waals surface area contributed by atoms with Crippen molar-refractivity contribution >= 4 is 21.8 Å². The van der Waals surface area contributed by atoms with Gasteiger partial charge in [-0.3, -0.25) is 10.4 Å². The molecule has 0 aliphatic carbocycles. The van der Waals surface area contributed by atoms with E-state index in [1.807, 2.05) is 31.2 Å². The van der Waals surface area contributed by atoms with E-state index in [9.17, 15) is 0 Å². The lowest BCUT2D eigenvalue weighted by atomic mass is 10.2. The normalized spacial score (nSPS) is 10.1. The van der Waals surface area contributed by atoms with Gasteiger partial charge in [-0.25, -0.2) is 0 Å². The molecule has 5 heteroatoms. The van der Waals surface area contributed by atoms with E-state index in [0.29, 0.717) is 17.1 Å². The number of amidine groups is 1. The Kier molecular flexibility index (Phi) is 3.62. The molecular formula is C13H12BrN3O. The molecule has 0 amide bonds. The highest BCUT2D eigenvalue weighted by molar-refractivity contribution is 9.10. The Morgan fingerprint density at radius 1 is 1.33 bits per heavy atom. The molecule has 1 aromatic heterocycles. The zero-order valence-corrected chi connectivity index (χ0v) is 11.4. The third kappa shape index (κ3) is 2.68. The minimum Gasteiger partial charge on any atom is -0.455 e. The van der Waals surface area contributed by atoms with E-state index >= 15 is 0 Å². The number of aryl methyl sites for hydroxylation is 1. The summed E-state index contributed by atoms with van der Waals surface area (Å²) in [6.07, 6.45) is 1.64. The summed E-state index contributed by atoms with van der Waals surface area (Å²) in [6.45, 7) is 1.91. The molecule has 92 valence electrons. The number of hydrogen-bond acceptors (Lipinski definition) is 3. The van der Waals surface area contributed by atoms with Crippen LogP contribution < -0.4 is 10.5 Å². The summed E-state index contributed by atoms with van der Waals surface area (Å²) >= 11 is 3.36. The number of pyridine rings is 1. The van der Waals surface area contributed by atoms with Crippen LogP contribution in [0.15, 0.2) is 41.0 Å². The summed E-state index contributed by atoms with van der Waals surface area (Å²) in [6, 6.07) is 9.10. The van der Waals surface area contributed by atoms with Gasteiger partial charge < -0.3 is 10.5 Å². The van der Waals surface area contributed by atoms with Gasteiger partial charge >= 0.3 is 0 Å². The van der Waals surface area contributed by atoms with Crippen molar-refractivity contribution in [2.75, 3.05) is 0 Å². The lowest BCUT2D eigenvalue weighted by Crippen LogP contribution is -2.13. The highest BCUT2D eigenvalue weighted by Gasteiger charge is 2.11. The monoisotopic (exact) mass is 305 g/mol. The van der Waals surface area contributed by atoms with Gasteiger partial charge in [0.1, 0.15) is 17.3 Å². The maximum atomic E-state index is 7.57. The highest BCUT2D eigenvalue weighted by Crippen LogP contribution is 2.29. The van der Waals surface area contributed by atoms with Gasteiger partial charge in [0.15, 0.2) is 0 Å². The first-order valence-corrected chi connectivity index (χ1v) is 6.10. The van der Waals surface area contributed by atoms with Crippen LogP contribution in [0, 0.1) is 12.3 Å². The molecule has 1 heterocycles. The minimum absolute atomic E-state index is 0.0439. The van der Waals surface area contributed by atoms with E-state index in [1.165, 1.54) is 0 Å². The van der Waals surface area contributed by atoms with Crippen LogP contribution in [-0.4, -0.2) is 10.8 Å². The summed E-state index contributed by atoms with van der Waals surface area (Å²) in [5.41, 5.74) is 7.01. The molecule has 18 heavy (non-hydrogen) atoms. The second-order valence-corrected chi connectivity index (χ2v) is 4.62. The van der Waals surface area contributed by atoms with Gasteiger partial charge in [0.05, 0.1) is 11.8 Å². The maximum Gasteiger partial charge on any atom is 0.145 e. The number of aromatic nitrogens is 1. The Morgan fingerprint density at radius 2 is 2.11 bits per heavy atom. The zero-order valence-electron chi connectivity index (χ0n) is 9.77. The molecule has 2 aromatic rings. The van der Waals surface area contributed by atoms with E-state index in [2.05, 4.69) is 20.9 Å². The van der Waals surface area contributed by atoms with Crippen molar-refractivity contribution in [3.63, 3.8) is 0 Å². The fourth-order valence-corrected chi connectivity index (χ4v) is 2.05. The van der Waals surface area contributed by atoms with Crippen molar-refractivity contribution in [3.05, 3.63) is 52.3 Å². The van der Waals surface area contributed by atoms with Crippen LogP contribution in [0.4, 0.5) is 0 Å². The number of hydrogen-bond donors (Lipinski definition) is 2. The smallest absolute Gasteiger partial charge is 0.145 e. The molecule has 1 aromatic carbocycles. The van der Waals surface area contributed by atoms with E-state index in [1.54, 1.807) is 12.3 Å². The van der Waals surface area contributed by atoms with E-state index in [0.717, 1.165) is 10.2 Å². The zero-order chi connectivity index (χ0) is 13.1. The SMILES string of the molecule is Cc1ccc(Oc2cccc(Br)c2C(=N)N)cn1. The van der Waals surface area contributed by atoms with Gasteiger partial charge in [-0.05, 0) is 47.1 Å². The van der Waals surface area contributed by atoms with E-state index in [4.69, 9.17) is 15.9 Å². The van der Waals surface area contributed by atoms with Crippen molar-refractivity contribution in [1.82, 2.24) is 4.98 Å². The predicted molar refractivity (Wildman–Crippen MR) is 74.2 cm³/mol. The summed E-state index contributed by atoms with van der Waals surface area (Å²) < 4.78 is 6.42. The molecule has 0 saturated carbocycles. The molecule has 0 radical (unpaired) electrons. The molecule has 0 aliphatic rings. The largest absolute Gasteiger partial charge is 0.455 e. The third-order valence-corrected chi connectivity index (χ3v) is 3.02. The minimum atomic E-state index is -0.0439. The number of halogens is 1. The van der Waals surface area contributed by atoms with Gasteiger partial charge in [-0.1, -0.05) is 6.07 Å². The number of nitrogen functional groups attached to an aromatic ring is 1. The first-order chi connectivity index (χ1) is 8.58. The van der Waals surface area contributed by atoms with Crippen LogP contribution in [-0.2, 0) is 0 Å². The Balaban J connectivity index is 2.37. The summed E-state index contributed by atoms with van der Waals surface area (Å²) in [5, 5.41) is 7.57. The lowest BCUT2D eigenvalue weighted by Gasteiger charge is -2.11. The molecule has 4 nitrogen and oxygen atoms in total. The number of rotatable bonds is 3. The molecular weight excluding hydrogens is 294 g/mol. The molecule has 0 unspecified atom stereocenters. The average molecular weight is 306 g/mol. The van der Waals surface area contributed by atoms with Crippen LogP contribution >= 0.6 is 15.9 Å². The lowest BCUT2D eigenvalue weighted by molar-refractivity contribution is 0.478. The van der Waals surface area contributed by atoms with Gasteiger partial charge in [0, 0.05) is 10.2 Å². The summed E-state index contributed by atoms with van der Waals surface area (Å²) in [4.78, 5) is 4.15. The number of ether oxygens (including phenoxy) is 1. The predicted octanol–water partition coefficient (Wildman–Crippen LogP) is 3.23. The fourth-order valence-electron chi connectivity index (χ4n) is 1.49. The van der Waals surface area contributed by atoms with Crippen LogP contribution in [0.25, 0.3) is 0 Å². The molecule has 0 bridgehead atoms. The van der Waals surface area contributed by atoms with Gasteiger partial charge in [-0.2, -0.15) is 0 Å². The fraction of sp³-hybridized carbons (Fsp3) is 0.0769. The van der Waals surface area contributed by atoms with Crippen molar-refractivity contribution in [1.29, 1.82) is 5.41 Å². The molecule has 2 rings (SSSR count). The van der Waals surface area contributed by atoms with Crippen molar-refractivity contribution in [2.24, 2.45) is 5.73 Å². The second kappa shape index (κ2) is 5.18. The Hall–Kier alpha value is -1.88. The van der Waals surface area contributed by atoms with Gasteiger partial charge in [0.25, 0.3) is 0 Å². The summed E-state index contributed by atoms with van der Waals surface area (Å²) in [5.74, 6) is 1.10. The molecule has 0 saturated heterocycles. The first-order valence-electron chi connectivity index (χ1n) is 5.31. The Labute approximate surface area is 113 Å². The van der Waals surface area contributed by atoms with Crippen LogP contribution in [0.3, 0.4) is 0 Å². The van der Waals surface area contributed by atoms with Gasteiger partial charge in [-0.15, -0.1) is 0 Å². The second-order valence-electron chi connectivity index (χ2n) is 3.76. The Morgan fingerprint density at radius 3 is 2.72 bits per heavy atom. The first kappa shape index (κ1) is 12.6. The topological polar surface area (TPSA) is 72.0 Å². The number of nitrogens with two attached hydrogens (primary N) is 1. The Bertz CT molecular complexity index is 581.